The molecule has 0 bridgehead atoms. The number of hydrogen-bond acceptors (Lipinski definition) is 4. The Bertz CT molecular complexity index is 786. The molecule has 21 heavy (non-hydrogen) atoms. The molecule has 108 valence electrons. The minimum absolute atomic E-state index is 0.00439. The molecule has 0 spiro atoms. The van der Waals surface area contributed by atoms with Crippen LogP contribution in [0.1, 0.15) is 22.0 Å². The summed E-state index contributed by atoms with van der Waals surface area (Å²) < 4.78 is 25.4. The highest BCUT2D eigenvalue weighted by Gasteiger charge is 2.41. The van der Waals surface area contributed by atoms with E-state index in [9.17, 15) is 18.3 Å². The Labute approximate surface area is 122 Å². The van der Waals surface area contributed by atoms with Gasteiger partial charge in [0.05, 0.1) is 18.2 Å². The van der Waals surface area contributed by atoms with Gasteiger partial charge in [0.25, 0.3) is 15.9 Å². The summed E-state index contributed by atoms with van der Waals surface area (Å²) in [6, 6.07) is 14.7. The molecule has 5 nitrogen and oxygen atoms in total. The topological polar surface area (TPSA) is 74.7 Å². The predicted octanol–water partition coefficient (Wildman–Crippen LogP) is 1.56. The van der Waals surface area contributed by atoms with Crippen LogP contribution in [0.4, 0.5) is 0 Å². The van der Waals surface area contributed by atoms with Gasteiger partial charge in [-0.15, -0.1) is 0 Å². The number of amides is 1. The largest absolute Gasteiger partial charge is 0.387 e. The molecule has 3 rings (SSSR count). The van der Waals surface area contributed by atoms with Gasteiger partial charge in [-0.3, -0.25) is 4.79 Å². The van der Waals surface area contributed by atoms with Crippen LogP contribution in [-0.2, 0) is 10.0 Å². The molecular weight excluding hydrogens is 290 g/mol. The highest BCUT2D eigenvalue weighted by Crippen LogP contribution is 2.31. The number of carbonyl (C=O) groups excluding carboxylic acids is 1. The highest BCUT2D eigenvalue weighted by atomic mass is 32.2. The summed E-state index contributed by atoms with van der Waals surface area (Å²) >= 11 is 0. The summed E-state index contributed by atoms with van der Waals surface area (Å²) in [6.07, 6.45) is -1.06. The SMILES string of the molecule is O=C1c2ccccc2S(=O)(=O)N1C[C@H](O)c1ccccc1. The van der Waals surface area contributed by atoms with Gasteiger partial charge >= 0.3 is 0 Å². The lowest BCUT2D eigenvalue weighted by molar-refractivity contribution is 0.0793. The first kappa shape index (κ1) is 13.8. The van der Waals surface area contributed by atoms with Crippen molar-refractivity contribution in [3.8, 4) is 0 Å². The number of β-amino-alcohol motifs (C(OH)–C–C–N with tert-alkyl or cyclic N) is 1. The molecule has 0 aromatic heterocycles. The molecule has 1 atom stereocenters. The lowest BCUT2D eigenvalue weighted by Crippen LogP contribution is -2.34. The van der Waals surface area contributed by atoms with E-state index in [4.69, 9.17) is 0 Å². The Morgan fingerprint density at radius 2 is 1.62 bits per heavy atom. The van der Waals surface area contributed by atoms with Gasteiger partial charge in [-0.25, -0.2) is 12.7 Å². The first-order valence-corrected chi connectivity index (χ1v) is 7.85. The first-order valence-electron chi connectivity index (χ1n) is 6.41. The van der Waals surface area contributed by atoms with Crippen molar-refractivity contribution in [1.82, 2.24) is 4.31 Å². The predicted molar refractivity (Wildman–Crippen MR) is 76.1 cm³/mol. The van der Waals surface area contributed by atoms with E-state index in [1.165, 1.54) is 12.1 Å². The monoisotopic (exact) mass is 303 g/mol. The van der Waals surface area contributed by atoms with Gasteiger partial charge in [-0.05, 0) is 17.7 Å². The van der Waals surface area contributed by atoms with Crippen molar-refractivity contribution in [2.45, 2.75) is 11.0 Å². The van der Waals surface area contributed by atoms with Crippen LogP contribution in [-0.4, -0.2) is 30.3 Å². The lowest BCUT2D eigenvalue weighted by Gasteiger charge is -2.19. The summed E-state index contributed by atoms with van der Waals surface area (Å²) in [5.41, 5.74) is 0.717. The number of aliphatic hydroxyl groups excluding tert-OH is 1. The van der Waals surface area contributed by atoms with E-state index >= 15 is 0 Å². The Morgan fingerprint density at radius 1 is 1.00 bits per heavy atom. The van der Waals surface area contributed by atoms with Gasteiger partial charge in [-0.1, -0.05) is 42.5 Å². The molecule has 1 aliphatic heterocycles. The number of carbonyl (C=O) groups is 1. The third-order valence-electron chi connectivity index (χ3n) is 3.44. The summed E-state index contributed by atoms with van der Waals surface area (Å²) in [5, 5.41) is 10.2. The first-order chi connectivity index (χ1) is 10.0. The fourth-order valence-corrected chi connectivity index (χ4v) is 3.92. The quantitative estimate of drug-likeness (QED) is 0.934. The second-order valence-corrected chi connectivity index (χ2v) is 6.59. The minimum Gasteiger partial charge on any atom is -0.387 e. The van der Waals surface area contributed by atoms with Crippen LogP contribution in [0, 0.1) is 0 Å². The zero-order chi connectivity index (χ0) is 15.0. The zero-order valence-corrected chi connectivity index (χ0v) is 11.8. The van der Waals surface area contributed by atoms with Crippen molar-refractivity contribution in [3.05, 3.63) is 65.7 Å². The summed E-state index contributed by atoms with van der Waals surface area (Å²) in [4.78, 5) is 12.2. The fraction of sp³-hybridized carbons (Fsp3) is 0.133. The number of nitrogens with zero attached hydrogens (tertiary/aromatic N) is 1. The van der Waals surface area contributed by atoms with Gasteiger partial charge in [0.2, 0.25) is 0 Å². The van der Waals surface area contributed by atoms with Crippen molar-refractivity contribution < 1.29 is 18.3 Å². The molecule has 0 unspecified atom stereocenters. The van der Waals surface area contributed by atoms with Gasteiger partial charge < -0.3 is 5.11 Å². The molecule has 0 aliphatic carbocycles. The molecule has 0 fully saturated rings. The number of sulfonamides is 1. The summed E-state index contributed by atoms with van der Waals surface area (Å²) in [7, 11) is -3.87. The molecule has 1 heterocycles. The van der Waals surface area contributed by atoms with E-state index < -0.39 is 22.0 Å². The van der Waals surface area contributed by atoms with E-state index in [2.05, 4.69) is 0 Å². The fourth-order valence-electron chi connectivity index (χ4n) is 2.35. The molecule has 1 amide bonds. The average molecular weight is 303 g/mol. The Morgan fingerprint density at radius 3 is 2.29 bits per heavy atom. The van der Waals surface area contributed by atoms with E-state index in [1.54, 1.807) is 42.5 Å². The number of hydrogen-bond donors (Lipinski definition) is 1. The second-order valence-electron chi connectivity index (χ2n) is 4.76. The molecule has 0 saturated heterocycles. The molecule has 6 heteroatoms. The molecule has 0 saturated carbocycles. The lowest BCUT2D eigenvalue weighted by atomic mass is 10.1. The number of fused-ring (bicyclic) bond motifs is 1. The molecular formula is C15H13NO4S. The third kappa shape index (κ3) is 2.22. The maximum atomic E-state index is 12.4. The Balaban J connectivity index is 1.93. The molecule has 0 radical (unpaired) electrons. The maximum Gasteiger partial charge on any atom is 0.269 e. The van der Waals surface area contributed by atoms with Gasteiger partial charge in [0.15, 0.2) is 0 Å². The summed E-state index contributed by atoms with van der Waals surface area (Å²) in [5.74, 6) is -0.597. The average Bonchev–Trinajstić information content (AvgIpc) is 2.70. The molecule has 2 aromatic carbocycles. The highest BCUT2D eigenvalue weighted by molar-refractivity contribution is 7.90. The molecule has 1 N–H and O–H groups in total. The summed E-state index contributed by atoms with van der Waals surface area (Å²) in [6.45, 7) is -0.292. The van der Waals surface area contributed by atoms with Crippen molar-refractivity contribution in [3.63, 3.8) is 0 Å². The van der Waals surface area contributed by atoms with E-state index in [0.717, 1.165) is 4.31 Å². The van der Waals surface area contributed by atoms with Crippen LogP contribution >= 0.6 is 0 Å². The van der Waals surface area contributed by atoms with Gasteiger partial charge in [0, 0.05) is 0 Å². The van der Waals surface area contributed by atoms with Gasteiger partial charge in [-0.2, -0.15) is 0 Å². The number of rotatable bonds is 3. The normalized spacial score (nSPS) is 17.6. The van der Waals surface area contributed by atoms with E-state index in [0.29, 0.717) is 5.56 Å². The van der Waals surface area contributed by atoms with Crippen LogP contribution in [0.2, 0.25) is 0 Å². The van der Waals surface area contributed by atoms with Crippen LogP contribution in [0.3, 0.4) is 0 Å². The second kappa shape index (κ2) is 4.98. The maximum absolute atomic E-state index is 12.4. The number of aliphatic hydroxyl groups is 1. The third-order valence-corrected chi connectivity index (χ3v) is 5.24. The Hall–Kier alpha value is -2.18. The minimum atomic E-state index is -3.87. The molecule has 1 aliphatic rings. The van der Waals surface area contributed by atoms with E-state index in [-0.39, 0.29) is 17.0 Å². The van der Waals surface area contributed by atoms with E-state index in [1.807, 2.05) is 0 Å². The molecule has 2 aromatic rings. The van der Waals surface area contributed by atoms with Crippen molar-refractivity contribution >= 4 is 15.9 Å². The smallest absolute Gasteiger partial charge is 0.269 e. The van der Waals surface area contributed by atoms with Crippen molar-refractivity contribution in [2.24, 2.45) is 0 Å². The van der Waals surface area contributed by atoms with Crippen molar-refractivity contribution in [2.75, 3.05) is 6.54 Å². The van der Waals surface area contributed by atoms with Crippen LogP contribution in [0.15, 0.2) is 59.5 Å². The number of benzene rings is 2. The zero-order valence-electron chi connectivity index (χ0n) is 11.0. The van der Waals surface area contributed by atoms with Gasteiger partial charge in [0.1, 0.15) is 4.90 Å². The van der Waals surface area contributed by atoms with Crippen LogP contribution < -0.4 is 0 Å². The standard InChI is InChI=1S/C15H13NO4S/c17-13(11-6-2-1-3-7-11)10-16-15(18)12-8-4-5-9-14(12)21(16,19)20/h1-9,13,17H,10H2/t13-/m0/s1. The van der Waals surface area contributed by atoms with Crippen LogP contribution in [0.25, 0.3) is 0 Å². The van der Waals surface area contributed by atoms with Crippen molar-refractivity contribution in [1.29, 1.82) is 0 Å². The Kier molecular flexibility index (Phi) is 3.27. The van der Waals surface area contributed by atoms with Crippen LogP contribution in [0.5, 0.6) is 0 Å².